The molecule has 0 spiro atoms. The molecule has 2 nitrogen and oxygen atoms in total. The Kier molecular flexibility index (Phi) is 5.37. The van der Waals surface area contributed by atoms with E-state index in [0.29, 0.717) is 12.1 Å². The van der Waals surface area contributed by atoms with Gasteiger partial charge in [0.25, 0.3) is 0 Å². The van der Waals surface area contributed by atoms with E-state index in [1.807, 2.05) is 0 Å². The predicted octanol–water partition coefficient (Wildman–Crippen LogP) is 2.83. The summed E-state index contributed by atoms with van der Waals surface area (Å²) in [5.41, 5.74) is 0. The van der Waals surface area contributed by atoms with Crippen LogP contribution in [0.1, 0.15) is 52.9 Å². The average Bonchev–Trinajstić information content (AvgIpc) is 2.16. The van der Waals surface area contributed by atoms with Crippen LogP contribution in [-0.4, -0.2) is 17.2 Å². The Hall–Kier alpha value is -0.310. The van der Waals surface area contributed by atoms with E-state index in [1.165, 1.54) is 32.1 Å². The molecule has 2 N–H and O–H groups in total. The summed E-state index contributed by atoms with van der Waals surface area (Å²) in [7, 11) is 0. The molecule has 0 aromatic carbocycles. The molecule has 0 saturated heterocycles. The SMILES string of the molecule is CCC1CCCC(NC(=S)NC(C)C)C1. The quantitative estimate of drug-likeness (QED) is 0.726. The molecule has 2 unspecified atom stereocenters. The van der Waals surface area contributed by atoms with Crippen molar-refractivity contribution in [3.63, 3.8) is 0 Å². The van der Waals surface area contributed by atoms with Gasteiger partial charge in [-0.15, -0.1) is 0 Å². The standard InChI is InChI=1S/C12H24N2S/c1-4-10-6-5-7-11(8-10)14-12(15)13-9(2)3/h9-11H,4-8H2,1-3H3,(H2,13,14,15). The Morgan fingerprint density at radius 2 is 2.13 bits per heavy atom. The fourth-order valence-electron chi connectivity index (χ4n) is 2.28. The first-order valence-corrected chi connectivity index (χ1v) is 6.59. The van der Waals surface area contributed by atoms with Crippen LogP contribution in [0.5, 0.6) is 0 Å². The van der Waals surface area contributed by atoms with Crippen molar-refractivity contribution in [3.05, 3.63) is 0 Å². The van der Waals surface area contributed by atoms with E-state index in [0.717, 1.165) is 11.0 Å². The number of nitrogens with one attached hydrogen (secondary N) is 2. The zero-order chi connectivity index (χ0) is 11.3. The zero-order valence-corrected chi connectivity index (χ0v) is 11.0. The minimum Gasteiger partial charge on any atom is -0.361 e. The van der Waals surface area contributed by atoms with Gasteiger partial charge in [-0.1, -0.05) is 26.2 Å². The number of thiocarbonyl (C=S) groups is 1. The molecule has 0 amide bonds. The minimum absolute atomic E-state index is 0.426. The topological polar surface area (TPSA) is 24.1 Å². The average molecular weight is 228 g/mol. The smallest absolute Gasteiger partial charge is 0.166 e. The van der Waals surface area contributed by atoms with Crippen molar-refractivity contribution in [1.82, 2.24) is 10.6 Å². The summed E-state index contributed by atoms with van der Waals surface area (Å²) >= 11 is 5.26. The molecule has 1 rings (SSSR count). The second-order valence-electron chi connectivity index (χ2n) is 4.91. The number of hydrogen-bond acceptors (Lipinski definition) is 1. The van der Waals surface area contributed by atoms with Crippen molar-refractivity contribution in [2.45, 2.75) is 65.0 Å². The maximum Gasteiger partial charge on any atom is 0.166 e. The minimum atomic E-state index is 0.426. The lowest BCUT2D eigenvalue weighted by atomic mass is 9.84. The lowest BCUT2D eigenvalue weighted by molar-refractivity contribution is 0.299. The maximum absolute atomic E-state index is 5.26. The lowest BCUT2D eigenvalue weighted by Crippen LogP contribution is -2.45. The largest absolute Gasteiger partial charge is 0.361 e. The van der Waals surface area contributed by atoms with Crippen LogP contribution in [-0.2, 0) is 0 Å². The van der Waals surface area contributed by atoms with E-state index in [2.05, 4.69) is 31.4 Å². The van der Waals surface area contributed by atoms with Crippen LogP contribution < -0.4 is 10.6 Å². The summed E-state index contributed by atoms with van der Waals surface area (Å²) in [6.45, 7) is 6.52. The van der Waals surface area contributed by atoms with Crippen LogP contribution >= 0.6 is 12.2 Å². The second kappa shape index (κ2) is 6.31. The van der Waals surface area contributed by atoms with Gasteiger partial charge in [0.15, 0.2) is 5.11 Å². The summed E-state index contributed by atoms with van der Waals surface area (Å²) in [4.78, 5) is 0. The second-order valence-corrected chi connectivity index (χ2v) is 5.32. The first-order valence-electron chi connectivity index (χ1n) is 6.18. The fourth-order valence-corrected chi connectivity index (χ4v) is 2.68. The molecule has 1 saturated carbocycles. The van der Waals surface area contributed by atoms with Crippen molar-refractivity contribution in [2.75, 3.05) is 0 Å². The third-order valence-corrected chi connectivity index (χ3v) is 3.35. The number of rotatable bonds is 3. The molecule has 0 bridgehead atoms. The van der Waals surface area contributed by atoms with Crippen LogP contribution in [0.2, 0.25) is 0 Å². The fraction of sp³-hybridized carbons (Fsp3) is 0.917. The molecule has 0 aromatic heterocycles. The summed E-state index contributed by atoms with van der Waals surface area (Å²) in [5.74, 6) is 0.901. The van der Waals surface area contributed by atoms with E-state index >= 15 is 0 Å². The maximum atomic E-state index is 5.26. The molecular formula is C12H24N2S. The highest BCUT2D eigenvalue weighted by molar-refractivity contribution is 7.80. The van der Waals surface area contributed by atoms with E-state index in [4.69, 9.17) is 12.2 Å². The Labute approximate surface area is 99.2 Å². The molecule has 0 heterocycles. The zero-order valence-electron chi connectivity index (χ0n) is 10.2. The molecule has 1 fully saturated rings. The molecule has 88 valence electrons. The highest BCUT2D eigenvalue weighted by atomic mass is 32.1. The normalized spacial score (nSPS) is 26.4. The van der Waals surface area contributed by atoms with Gasteiger partial charge in [0.2, 0.25) is 0 Å². The molecule has 0 radical (unpaired) electrons. The van der Waals surface area contributed by atoms with Gasteiger partial charge in [-0.25, -0.2) is 0 Å². The van der Waals surface area contributed by atoms with Crippen molar-refractivity contribution in [1.29, 1.82) is 0 Å². The van der Waals surface area contributed by atoms with Crippen molar-refractivity contribution in [3.8, 4) is 0 Å². The molecule has 3 heteroatoms. The van der Waals surface area contributed by atoms with Crippen molar-refractivity contribution < 1.29 is 0 Å². The van der Waals surface area contributed by atoms with E-state index in [-0.39, 0.29) is 0 Å². The van der Waals surface area contributed by atoms with Gasteiger partial charge in [0, 0.05) is 12.1 Å². The molecule has 0 aromatic rings. The lowest BCUT2D eigenvalue weighted by Gasteiger charge is -2.30. The van der Waals surface area contributed by atoms with Gasteiger partial charge in [0.1, 0.15) is 0 Å². The highest BCUT2D eigenvalue weighted by Gasteiger charge is 2.20. The Morgan fingerprint density at radius 3 is 2.73 bits per heavy atom. The summed E-state index contributed by atoms with van der Waals surface area (Å²) in [6.07, 6.45) is 6.62. The predicted molar refractivity (Wildman–Crippen MR) is 70.0 cm³/mol. The molecule has 1 aliphatic carbocycles. The van der Waals surface area contributed by atoms with Gasteiger partial charge in [-0.05, 0) is 44.8 Å². The summed E-state index contributed by atoms with van der Waals surface area (Å²) in [5, 5.41) is 7.50. The van der Waals surface area contributed by atoms with Gasteiger partial charge in [-0.3, -0.25) is 0 Å². The van der Waals surface area contributed by atoms with Crippen molar-refractivity contribution in [2.24, 2.45) is 5.92 Å². The summed E-state index contributed by atoms with van der Waals surface area (Å²) in [6, 6.07) is 1.03. The van der Waals surface area contributed by atoms with Crippen LogP contribution in [0.25, 0.3) is 0 Å². The molecule has 15 heavy (non-hydrogen) atoms. The monoisotopic (exact) mass is 228 g/mol. The van der Waals surface area contributed by atoms with Crippen LogP contribution in [0, 0.1) is 5.92 Å². The molecule has 2 atom stereocenters. The van der Waals surface area contributed by atoms with E-state index in [9.17, 15) is 0 Å². The first kappa shape index (κ1) is 12.8. The number of hydrogen-bond donors (Lipinski definition) is 2. The highest BCUT2D eigenvalue weighted by Crippen LogP contribution is 2.26. The molecule has 0 aliphatic heterocycles. The van der Waals surface area contributed by atoms with Crippen LogP contribution in [0.15, 0.2) is 0 Å². The molecule has 1 aliphatic rings. The van der Waals surface area contributed by atoms with Gasteiger partial charge in [-0.2, -0.15) is 0 Å². The third kappa shape index (κ3) is 4.83. The first-order chi connectivity index (χ1) is 7.11. The van der Waals surface area contributed by atoms with E-state index in [1.54, 1.807) is 0 Å². The molecular weight excluding hydrogens is 204 g/mol. The third-order valence-electron chi connectivity index (χ3n) is 3.12. The van der Waals surface area contributed by atoms with Gasteiger partial charge < -0.3 is 10.6 Å². The summed E-state index contributed by atoms with van der Waals surface area (Å²) < 4.78 is 0. The Morgan fingerprint density at radius 1 is 1.40 bits per heavy atom. The van der Waals surface area contributed by atoms with Crippen LogP contribution in [0.3, 0.4) is 0 Å². The Balaban J connectivity index is 2.28. The van der Waals surface area contributed by atoms with Gasteiger partial charge >= 0.3 is 0 Å². The van der Waals surface area contributed by atoms with E-state index < -0.39 is 0 Å². The Bertz CT molecular complexity index is 204. The van der Waals surface area contributed by atoms with Gasteiger partial charge in [0.05, 0.1) is 0 Å². The van der Waals surface area contributed by atoms with Crippen LogP contribution in [0.4, 0.5) is 0 Å². The van der Waals surface area contributed by atoms with Crippen molar-refractivity contribution >= 4 is 17.3 Å².